The molecule has 5 heteroatoms. The molecule has 0 unspecified atom stereocenters. The zero-order chi connectivity index (χ0) is 15.9. The molecule has 0 aliphatic carbocycles. The minimum atomic E-state index is -0.370. The topological polar surface area (TPSA) is 87.7 Å². The second kappa shape index (κ2) is 7.08. The van der Waals surface area contributed by atoms with Crippen LogP contribution in [0, 0.1) is 0 Å². The molecule has 0 heterocycles. The first kappa shape index (κ1) is 15.3. The predicted octanol–water partition coefficient (Wildman–Crippen LogP) is 2.47. The Balaban J connectivity index is 2.08. The van der Waals surface area contributed by atoms with Crippen molar-refractivity contribution in [1.82, 2.24) is 5.43 Å². The van der Waals surface area contributed by atoms with Crippen molar-refractivity contribution in [2.45, 2.75) is 6.42 Å². The number of nitrogens with zero attached hydrogens (tertiary/aromatic N) is 1. The van der Waals surface area contributed by atoms with Gasteiger partial charge in [-0.1, -0.05) is 24.3 Å². The third-order valence-electron chi connectivity index (χ3n) is 3.03. The van der Waals surface area contributed by atoms with Gasteiger partial charge in [-0.05, 0) is 36.2 Å². The lowest BCUT2D eigenvalue weighted by Gasteiger charge is -2.05. The van der Waals surface area contributed by atoms with Crippen molar-refractivity contribution < 1.29 is 9.90 Å². The Labute approximate surface area is 128 Å². The van der Waals surface area contributed by atoms with Crippen LogP contribution in [-0.4, -0.2) is 17.2 Å². The zero-order valence-electron chi connectivity index (χ0n) is 12.0. The van der Waals surface area contributed by atoms with Crippen molar-refractivity contribution in [1.29, 1.82) is 0 Å². The number of allylic oxidation sites excluding steroid dienone is 1. The Kier molecular flexibility index (Phi) is 4.93. The van der Waals surface area contributed by atoms with Crippen LogP contribution in [0.3, 0.4) is 0 Å². The summed E-state index contributed by atoms with van der Waals surface area (Å²) in [6.45, 7) is 3.64. The van der Waals surface area contributed by atoms with Crippen LogP contribution in [0.5, 0.6) is 5.75 Å². The Morgan fingerprint density at radius 3 is 2.82 bits per heavy atom. The summed E-state index contributed by atoms with van der Waals surface area (Å²) in [5.74, 6) is -0.241. The molecule has 112 valence electrons. The number of para-hydroxylation sites is 1. The quantitative estimate of drug-likeness (QED) is 0.343. The second-order valence-electron chi connectivity index (χ2n) is 4.67. The highest BCUT2D eigenvalue weighted by Crippen LogP contribution is 2.21. The predicted molar refractivity (Wildman–Crippen MR) is 87.9 cm³/mol. The number of phenolic OH excluding ortho intramolecular Hbond substituents is 1. The van der Waals surface area contributed by atoms with Gasteiger partial charge in [-0.25, -0.2) is 5.43 Å². The first-order chi connectivity index (χ1) is 10.6. The van der Waals surface area contributed by atoms with Crippen LogP contribution < -0.4 is 11.2 Å². The summed E-state index contributed by atoms with van der Waals surface area (Å²) < 4.78 is 0. The smallest absolute Gasteiger partial charge is 0.271 e. The Morgan fingerprint density at radius 1 is 1.32 bits per heavy atom. The average molecular weight is 295 g/mol. The van der Waals surface area contributed by atoms with Gasteiger partial charge in [0.25, 0.3) is 5.91 Å². The van der Waals surface area contributed by atoms with Gasteiger partial charge in [0.05, 0.1) is 6.21 Å². The molecule has 0 radical (unpaired) electrons. The molecule has 0 fully saturated rings. The first-order valence-electron chi connectivity index (χ1n) is 6.72. The Morgan fingerprint density at radius 2 is 2.09 bits per heavy atom. The number of rotatable bonds is 5. The number of benzene rings is 2. The molecule has 2 aromatic carbocycles. The maximum absolute atomic E-state index is 11.9. The highest BCUT2D eigenvalue weighted by atomic mass is 16.3. The van der Waals surface area contributed by atoms with Gasteiger partial charge < -0.3 is 10.8 Å². The largest absolute Gasteiger partial charge is 0.507 e. The lowest BCUT2D eigenvalue weighted by molar-refractivity contribution is 0.0955. The van der Waals surface area contributed by atoms with Gasteiger partial charge in [-0.15, -0.1) is 6.58 Å². The minimum Gasteiger partial charge on any atom is -0.507 e. The highest BCUT2D eigenvalue weighted by molar-refractivity contribution is 5.95. The Hall–Kier alpha value is -3.08. The van der Waals surface area contributed by atoms with Gasteiger partial charge in [-0.3, -0.25) is 4.79 Å². The summed E-state index contributed by atoms with van der Waals surface area (Å²) in [5.41, 5.74) is 10.2. The van der Waals surface area contributed by atoms with E-state index in [4.69, 9.17) is 5.73 Å². The van der Waals surface area contributed by atoms with E-state index < -0.39 is 0 Å². The van der Waals surface area contributed by atoms with Gasteiger partial charge >= 0.3 is 0 Å². The molecule has 0 spiro atoms. The summed E-state index contributed by atoms with van der Waals surface area (Å²) in [4.78, 5) is 11.9. The summed E-state index contributed by atoms with van der Waals surface area (Å²) in [5, 5.41) is 13.9. The lowest BCUT2D eigenvalue weighted by Crippen LogP contribution is -2.17. The number of phenols is 1. The first-order valence-corrected chi connectivity index (χ1v) is 6.72. The molecule has 22 heavy (non-hydrogen) atoms. The fraction of sp³-hybridized carbons (Fsp3) is 0.0588. The highest BCUT2D eigenvalue weighted by Gasteiger charge is 2.05. The van der Waals surface area contributed by atoms with Crippen LogP contribution in [0.15, 0.2) is 60.2 Å². The van der Waals surface area contributed by atoms with Gasteiger partial charge in [0, 0.05) is 16.8 Å². The summed E-state index contributed by atoms with van der Waals surface area (Å²) in [7, 11) is 0. The van der Waals surface area contributed by atoms with E-state index >= 15 is 0 Å². The molecule has 0 aliphatic rings. The van der Waals surface area contributed by atoms with E-state index in [1.54, 1.807) is 48.5 Å². The average Bonchev–Trinajstić information content (AvgIpc) is 2.51. The number of hydrogen-bond acceptors (Lipinski definition) is 4. The van der Waals surface area contributed by atoms with Gasteiger partial charge in [0.15, 0.2) is 0 Å². The molecule has 5 nitrogen and oxygen atoms in total. The molecule has 0 aliphatic heterocycles. The van der Waals surface area contributed by atoms with Crippen molar-refractivity contribution in [2.75, 3.05) is 5.73 Å². The number of hydrogen-bond donors (Lipinski definition) is 3. The molecule has 0 saturated carbocycles. The van der Waals surface area contributed by atoms with Crippen LogP contribution in [-0.2, 0) is 6.42 Å². The molecule has 0 saturated heterocycles. The molecule has 0 bridgehead atoms. The standard InChI is InChI=1S/C17H17N3O2/c1-2-5-12-6-3-8-14(16(12)21)11-19-20-17(22)13-7-4-9-15(18)10-13/h2-4,6-11,21H,1,5,18H2,(H,20,22). The number of nitrogens with one attached hydrogen (secondary N) is 1. The number of amides is 1. The van der Waals surface area contributed by atoms with Crippen LogP contribution in [0.2, 0.25) is 0 Å². The van der Waals surface area contributed by atoms with Crippen molar-refractivity contribution in [3.8, 4) is 5.75 Å². The fourth-order valence-corrected chi connectivity index (χ4v) is 1.94. The van der Waals surface area contributed by atoms with Crippen molar-refractivity contribution in [2.24, 2.45) is 5.10 Å². The van der Waals surface area contributed by atoms with Gasteiger partial charge in [-0.2, -0.15) is 5.10 Å². The number of nitrogen functional groups attached to an aromatic ring is 1. The molecule has 0 atom stereocenters. The maximum Gasteiger partial charge on any atom is 0.271 e. The molecule has 1 amide bonds. The van der Waals surface area contributed by atoms with E-state index in [-0.39, 0.29) is 11.7 Å². The molecule has 0 aromatic heterocycles. The van der Waals surface area contributed by atoms with Gasteiger partial charge in [0.1, 0.15) is 5.75 Å². The lowest BCUT2D eigenvalue weighted by atomic mass is 10.1. The number of anilines is 1. The number of hydrazone groups is 1. The summed E-state index contributed by atoms with van der Waals surface area (Å²) in [6.07, 6.45) is 3.66. The van der Waals surface area contributed by atoms with Crippen molar-refractivity contribution in [3.05, 3.63) is 71.8 Å². The monoisotopic (exact) mass is 295 g/mol. The van der Waals surface area contributed by atoms with E-state index in [1.165, 1.54) is 6.21 Å². The zero-order valence-corrected chi connectivity index (χ0v) is 12.0. The van der Waals surface area contributed by atoms with E-state index in [0.717, 1.165) is 5.56 Å². The third-order valence-corrected chi connectivity index (χ3v) is 3.03. The summed E-state index contributed by atoms with van der Waals surface area (Å²) in [6, 6.07) is 11.9. The van der Waals surface area contributed by atoms with Gasteiger partial charge in [0.2, 0.25) is 0 Å². The maximum atomic E-state index is 11.9. The second-order valence-corrected chi connectivity index (χ2v) is 4.67. The van der Waals surface area contributed by atoms with E-state index in [1.807, 2.05) is 0 Å². The van der Waals surface area contributed by atoms with Crippen molar-refractivity contribution in [3.63, 3.8) is 0 Å². The van der Waals surface area contributed by atoms with Crippen LogP contribution in [0.25, 0.3) is 0 Å². The third kappa shape index (κ3) is 3.73. The molecule has 4 N–H and O–H groups in total. The normalized spacial score (nSPS) is 10.5. The van der Waals surface area contributed by atoms with E-state index in [9.17, 15) is 9.90 Å². The fourth-order valence-electron chi connectivity index (χ4n) is 1.94. The minimum absolute atomic E-state index is 0.129. The SMILES string of the molecule is C=CCc1cccc(C=NNC(=O)c2cccc(N)c2)c1O. The van der Waals surface area contributed by atoms with E-state index in [0.29, 0.717) is 23.2 Å². The number of aromatic hydroxyl groups is 1. The molecular weight excluding hydrogens is 278 g/mol. The summed E-state index contributed by atoms with van der Waals surface area (Å²) >= 11 is 0. The number of carbonyl (C=O) groups excluding carboxylic acids is 1. The number of carbonyl (C=O) groups is 1. The Bertz CT molecular complexity index is 724. The molecule has 2 aromatic rings. The van der Waals surface area contributed by atoms with Crippen LogP contribution >= 0.6 is 0 Å². The van der Waals surface area contributed by atoms with Crippen LogP contribution in [0.4, 0.5) is 5.69 Å². The van der Waals surface area contributed by atoms with E-state index in [2.05, 4.69) is 17.1 Å². The van der Waals surface area contributed by atoms with Crippen molar-refractivity contribution >= 4 is 17.8 Å². The van der Waals surface area contributed by atoms with Crippen LogP contribution in [0.1, 0.15) is 21.5 Å². The molecule has 2 rings (SSSR count). The molecular formula is C17H17N3O2. The number of nitrogens with two attached hydrogens (primary N) is 1.